The maximum absolute atomic E-state index is 13.1. The topological polar surface area (TPSA) is 97.1 Å². The number of aromatic nitrogens is 2. The summed E-state index contributed by atoms with van der Waals surface area (Å²) in [5, 5.41) is 9.96. The highest BCUT2D eigenvalue weighted by Crippen LogP contribution is 2.27. The molecule has 4 rings (SSSR count). The molecule has 2 aromatic carbocycles. The van der Waals surface area contributed by atoms with Gasteiger partial charge in [-0.2, -0.15) is 4.98 Å². The van der Waals surface area contributed by atoms with Crippen molar-refractivity contribution in [2.45, 2.75) is 52.0 Å². The van der Waals surface area contributed by atoms with Gasteiger partial charge in [-0.15, -0.1) is 0 Å². The van der Waals surface area contributed by atoms with E-state index in [1.165, 1.54) is 0 Å². The van der Waals surface area contributed by atoms with Crippen LogP contribution < -0.4 is 10.6 Å². The minimum absolute atomic E-state index is 0.126. The average Bonchev–Trinajstić information content (AvgIpc) is 3.39. The highest BCUT2D eigenvalue weighted by molar-refractivity contribution is 6.09. The number of hydrogen-bond donors (Lipinski definition) is 2. The third-order valence-corrected chi connectivity index (χ3v) is 5.16. The first-order valence-electron chi connectivity index (χ1n) is 10.4. The molecule has 1 aromatic heterocycles. The van der Waals surface area contributed by atoms with Crippen molar-refractivity contribution < 1.29 is 14.1 Å². The summed E-state index contributed by atoms with van der Waals surface area (Å²) in [6, 6.07) is 12.7. The number of nitrogens with zero attached hydrogens (tertiary/aromatic N) is 2. The lowest BCUT2D eigenvalue weighted by atomic mass is 9.96. The summed E-state index contributed by atoms with van der Waals surface area (Å²) in [6.07, 6.45) is 2.04. The van der Waals surface area contributed by atoms with Crippen LogP contribution in [0.4, 0.5) is 5.69 Å². The second-order valence-electron chi connectivity index (χ2n) is 8.95. The average molecular weight is 418 g/mol. The lowest BCUT2D eigenvalue weighted by molar-refractivity contribution is 0.0949. The molecule has 0 spiro atoms. The molecule has 0 atom stereocenters. The first-order chi connectivity index (χ1) is 14.7. The van der Waals surface area contributed by atoms with Gasteiger partial charge in [0, 0.05) is 22.7 Å². The summed E-state index contributed by atoms with van der Waals surface area (Å²) >= 11 is 0. The van der Waals surface area contributed by atoms with Gasteiger partial charge in [-0.05, 0) is 49.6 Å². The zero-order chi connectivity index (χ0) is 22.2. The largest absolute Gasteiger partial charge is 0.349 e. The Morgan fingerprint density at radius 3 is 2.48 bits per heavy atom. The Kier molecular flexibility index (Phi) is 5.35. The minimum Gasteiger partial charge on any atom is -0.349 e. The van der Waals surface area contributed by atoms with Crippen molar-refractivity contribution in [3.63, 3.8) is 0 Å². The molecule has 2 N–H and O–H groups in total. The maximum atomic E-state index is 13.1. The molecule has 7 heteroatoms. The minimum atomic E-state index is -0.311. The van der Waals surface area contributed by atoms with E-state index in [2.05, 4.69) is 20.8 Å². The van der Waals surface area contributed by atoms with Crippen molar-refractivity contribution in [2.24, 2.45) is 0 Å². The number of carbonyl (C=O) groups is 2. The first kappa shape index (κ1) is 20.8. The predicted molar refractivity (Wildman–Crippen MR) is 118 cm³/mol. The van der Waals surface area contributed by atoms with Gasteiger partial charge in [0.25, 0.3) is 17.7 Å². The van der Waals surface area contributed by atoms with Gasteiger partial charge < -0.3 is 15.2 Å². The number of nitrogens with one attached hydrogen (secondary N) is 2. The number of amides is 2. The molecule has 1 saturated carbocycles. The molecule has 0 saturated heterocycles. The van der Waals surface area contributed by atoms with E-state index in [4.69, 9.17) is 4.52 Å². The lowest BCUT2D eigenvalue weighted by Gasteiger charge is -2.12. The van der Waals surface area contributed by atoms with Gasteiger partial charge in [-0.1, -0.05) is 44.1 Å². The van der Waals surface area contributed by atoms with Crippen LogP contribution in [0.25, 0.3) is 11.5 Å². The summed E-state index contributed by atoms with van der Waals surface area (Å²) in [6.45, 7) is 7.87. The molecule has 1 aliphatic carbocycles. The zero-order valence-electron chi connectivity index (χ0n) is 18.2. The monoisotopic (exact) mass is 418 g/mol. The molecule has 0 unspecified atom stereocenters. The quantitative estimate of drug-likeness (QED) is 0.636. The molecule has 1 heterocycles. The van der Waals surface area contributed by atoms with Gasteiger partial charge in [0.15, 0.2) is 5.82 Å². The summed E-state index contributed by atoms with van der Waals surface area (Å²) < 4.78 is 5.44. The van der Waals surface area contributed by atoms with Crippen LogP contribution in [0.1, 0.15) is 65.7 Å². The van der Waals surface area contributed by atoms with Gasteiger partial charge >= 0.3 is 0 Å². The van der Waals surface area contributed by atoms with Crippen LogP contribution in [-0.4, -0.2) is 28.0 Å². The third kappa shape index (κ3) is 4.66. The van der Waals surface area contributed by atoms with Crippen LogP contribution in [-0.2, 0) is 5.41 Å². The van der Waals surface area contributed by atoms with E-state index in [0.717, 1.165) is 18.4 Å². The summed E-state index contributed by atoms with van der Waals surface area (Å²) in [5.74, 6) is 0.431. The molecule has 2 amide bonds. The van der Waals surface area contributed by atoms with Crippen molar-refractivity contribution >= 4 is 17.5 Å². The van der Waals surface area contributed by atoms with Gasteiger partial charge in [-0.25, -0.2) is 0 Å². The molecule has 0 aliphatic heterocycles. The molecule has 160 valence electrons. The van der Waals surface area contributed by atoms with E-state index in [0.29, 0.717) is 34.1 Å². The Morgan fingerprint density at radius 1 is 1.06 bits per heavy atom. The molecule has 1 fully saturated rings. The third-order valence-electron chi connectivity index (χ3n) is 5.16. The summed E-state index contributed by atoms with van der Waals surface area (Å²) in [5.41, 5.74) is 2.68. The first-order valence-corrected chi connectivity index (χ1v) is 10.4. The number of hydrogen-bond acceptors (Lipinski definition) is 5. The Hall–Kier alpha value is -3.48. The SMILES string of the molecule is Cc1ccc(C(=O)NC2CC2)cc1NC(=O)c1ccccc1-c1nc(C(C)(C)C)no1. The highest BCUT2D eigenvalue weighted by Gasteiger charge is 2.25. The summed E-state index contributed by atoms with van der Waals surface area (Å²) in [4.78, 5) is 30.0. The number of carbonyl (C=O) groups excluding carboxylic acids is 2. The van der Waals surface area contributed by atoms with Crippen LogP contribution in [0.3, 0.4) is 0 Å². The van der Waals surface area contributed by atoms with E-state index in [1.54, 1.807) is 30.3 Å². The van der Waals surface area contributed by atoms with Crippen LogP contribution in [0.15, 0.2) is 47.0 Å². The molecule has 1 aliphatic rings. The smallest absolute Gasteiger partial charge is 0.258 e. The molecule has 0 radical (unpaired) electrons. The highest BCUT2D eigenvalue weighted by atomic mass is 16.5. The van der Waals surface area contributed by atoms with Crippen molar-refractivity contribution in [3.8, 4) is 11.5 Å². The number of aryl methyl sites for hydroxylation is 1. The fourth-order valence-electron chi connectivity index (χ4n) is 3.09. The van der Waals surface area contributed by atoms with Crippen LogP contribution >= 0.6 is 0 Å². The van der Waals surface area contributed by atoms with Crippen molar-refractivity contribution in [3.05, 3.63) is 65.0 Å². The number of anilines is 1. The van der Waals surface area contributed by atoms with E-state index < -0.39 is 0 Å². The second kappa shape index (κ2) is 7.98. The molecule has 0 bridgehead atoms. The Balaban J connectivity index is 1.60. The predicted octanol–water partition coefficient (Wildman–Crippen LogP) is 4.49. The Morgan fingerprint density at radius 2 is 1.81 bits per heavy atom. The second-order valence-corrected chi connectivity index (χ2v) is 8.95. The standard InChI is InChI=1S/C24H26N4O3/c1-14-9-10-15(20(29)25-16-11-12-16)13-19(14)26-21(30)17-7-5-6-8-18(17)22-27-23(28-31-22)24(2,3)4/h5-10,13,16H,11-12H2,1-4H3,(H,25,29)(H,26,30). The van der Waals surface area contributed by atoms with E-state index in [-0.39, 0.29) is 23.3 Å². The van der Waals surface area contributed by atoms with Gasteiger partial charge in [0.1, 0.15) is 0 Å². The normalized spacial score (nSPS) is 13.7. The Labute approximate surface area is 181 Å². The van der Waals surface area contributed by atoms with Gasteiger partial charge in [0.2, 0.25) is 0 Å². The number of benzene rings is 2. The maximum Gasteiger partial charge on any atom is 0.258 e. The fourth-order valence-corrected chi connectivity index (χ4v) is 3.09. The van der Waals surface area contributed by atoms with Gasteiger partial charge in [0.05, 0.1) is 11.1 Å². The Bertz CT molecular complexity index is 1140. The van der Waals surface area contributed by atoms with Crippen molar-refractivity contribution in [1.82, 2.24) is 15.5 Å². The molecule has 31 heavy (non-hydrogen) atoms. The zero-order valence-corrected chi connectivity index (χ0v) is 18.2. The lowest BCUT2D eigenvalue weighted by Crippen LogP contribution is -2.25. The van der Waals surface area contributed by atoms with Crippen LogP contribution in [0, 0.1) is 6.92 Å². The fraction of sp³-hybridized carbons (Fsp3) is 0.333. The van der Waals surface area contributed by atoms with Crippen molar-refractivity contribution in [1.29, 1.82) is 0 Å². The molecular formula is C24H26N4O3. The van der Waals surface area contributed by atoms with Crippen molar-refractivity contribution in [2.75, 3.05) is 5.32 Å². The van der Waals surface area contributed by atoms with Crippen LogP contribution in [0.5, 0.6) is 0 Å². The van der Waals surface area contributed by atoms with Crippen LogP contribution in [0.2, 0.25) is 0 Å². The molecule has 3 aromatic rings. The van der Waals surface area contributed by atoms with E-state index in [9.17, 15) is 9.59 Å². The van der Waals surface area contributed by atoms with Gasteiger partial charge in [-0.3, -0.25) is 9.59 Å². The van der Waals surface area contributed by atoms with E-state index >= 15 is 0 Å². The summed E-state index contributed by atoms with van der Waals surface area (Å²) in [7, 11) is 0. The number of rotatable bonds is 5. The molecular weight excluding hydrogens is 392 g/mol. The van der Waals surface area contributed by atoms with E-state index in [1.807, 2.05) is 39.8 Å². The molecule has 7 nitrogen and oxygen atoms in total.